The SMILES string of the molecule is CC1(C)c2ccccc2-c2cc3c(cc21)c1ccccc1n3C(C)(C)C. The highest BCUT2D eigenvalue weighted by atomic mass is 15.0. The average molecular weight is 339 g/mol. The minimum atomic E-state index is 0.0310. The summed E-state index contributed by atoms with van der Waals surface area (Å²) in [5.41, 5.74) is 8.41. The zero-order chi connectivity index (χ0) is 18.3. The third-order valence-electron chi connectivity index (χ3n) is 6.05. The Morgan fingerprint density at radius 3 is 2.15 bits per heavy atom. The Morgan fingerprint density at radius 2 is 1.38 bits per heavy atom. The molecule has 0 saturated heterocycles. The van der Waals surface area contributed by atoms with E-state index in [9.17, 15) is 0 Å². The average Bonchev–Trinajstić information content (AvgIpc) is 3.04. The number of para-hydroxylation sites is 1. The molecule has 1 nitrogen and oxygen atoms in total. The fourth-order valence-corrected chi connectivity index (χ4v) is 4.89. The number of hydrogen-bond donors (Lipinski definition) is 0. The lowest BCUT2D eigenvalue weighted by Crippen LogP contribution is -2.21. The second kappa shape index (κ2) is 4.79. The molecule has 0 aliphatic heterocycles. The van der Waals surface area contributed by atoms with E-state index in [1.54, 1.807) is 0 Å². The van der Waals surface area contributed by atoms with Crippen LogP contribution < -0.4 is 0 Å². The third kappa shape index (κ3) is 1.86. The Hall–Kier alpha value is -2.54. The molecule has 0 bridgehead atoms. The first-order chi connectivity index (χ1) is 12.3. The molecular weight excluding hydrogens is 314 g/mol. The number of aromatic nitrogens is 1. The van der Waals surface area contributed by atoms with E-state index in [2.05, 4.69) is 99.8 Å². The molecular formula is C25H25N. The van der Waals surface area contributed by atoms with Crippen LogP contribution in [-0.2, 0) is 11.0 Å². The molecule has 1 aliphatic rings. The molecule has 1 aromatic heterocycles. The summed E-state index contributed by atoms with van der Waals surface area (Å²) in [6, 6.07) is 22.6. The monoisotopic (exact) mass is 339 g/mol. The number of hydrogen-bond acceptors (Lipinski definition) is 0. The lowest BCUT2D eigenvalue weighted by Gasteiger charge is -2.25. The predicted octanol–water partition coefficient (Wildman–Crippen LogP) is 6.86. The van der Waals surface area contributed by atoms with Gasteiger partial charge in [-0.15, -0.1) is 0 Å². The van der Waals surface area contributed by atoms with E-state index in [-0.39, 0.29) is 11.0 Å². The Morgan fingerprint density at radius 1 is 0.692 bits per heavy atom. The summed E-state index contributed by atoms with van der Waals surface area (Å²) in [4.78, 5) is 0. The summed E-state index contributed by atoms with van der Waals surface area (Å²) in [5, 5.41) is 2.72. The fraction of sp³-hybridized carbons (Fsp3) is 0.280. The van der Waals surface area contributed by atoms with E-state index in [0.29, 0.717) is 0 Å². The summed E-state index contributed by atoms with van der Waals surface area (Å²) >= 11 is 0. The Kier molecular flexibility index (Phi) is 2.89. The summed E-state index contributed by atoms with van der Waals surface area (Å²) in [5.74, 6) is 0. The molecule has 1 heterocycles. The molecule has 0 fully saturated rings. The maximum Gasteiger partial charge on any atom is 0.0502 e. The maximum atomic E-state index is 2.51. The first-order valence-corrected chi connectivity index (χ1v) is 9.48. The number of benzene rings is 3. The molecule has 1 heteroatoms. The minimum Gasteiger partial charge on any atom is -0.335 e. The molecule has 0 N–H and O–H groups in total. The van der Waals surface area contributed by atoms with Crippen molar-refractivity contribution in [1.29, 1.82) is 0 Å². The predicted molar refractivity (Wildman–Crippen MR) is 112 cm³/mol. The van der Waals surface area contributed by atoms with E-state index < -0.39 is 0 Å². The van der Waals surface area contributed by atoms with Gasteiger partial charge in [0.1, 0.15) is 0 Å². The number of nitrogens with zero attached hydrogens (tertiary/aromatic N) is 1. The van der Waals surface area contributed by atoms with Crippen molar-refractivity contribution >= 4 is 21.8 Å². The molecule has 0 spiro atoms. The second-order valence-electron chi connectivity index (χ2n) is 9.11. The van der Waals surface area contributed by atoms with Gasteiger partial charge in [0, 0.05) is 27.2 Å². The molecule has 0 atom stereocenters. The van der Waals surface area contributed by atoms with Crippen LogP contribution in [0.5, 0.6) is 0 Å². The van der Waals surface area contributed by atoms with Gasteiger partial charge < -0.3 is 4.57 Å². The van der Waals surface area contributed by atoms with E-state index in [1.165, 1.54) is 44.1 Å². The van der Waals surface area contributed by atoms with Crippen LogP contribution in [0.4, 0.5) is 0 Å². The van der Waals surface area contributed by atoms with Gasteiger partial charge in [-0.2, -0.15) is 0 Å². The van der Waals surface area contributed by atoms with Crippen LogP contribution in [0.25, 0.3) is 32.9 Å². The quantitative estimate of drug-likeness (QED) is 0.330. The lowest BCUT2D eigenvalue weighted by atomic mass is 9.82. The molecule has 130 valence electrons. The van der Waals surface area contributed by atoms with Gasteiger partial charge in [-0.05, 0) is 61.2 Å². The van der Waals surface area contributed by atoms with Crippen molar-refractivity contribution in [2.24, 2.45) is 0 Å². The lowest BCUT2D eigenvalue weighted by molar-refractivity contribution is 0.423. The highest BCUT2D eigenvalue weighted by molar-refractivity contribution is 6.10. The largest absolute Gasteiger partial charge is 0.335 e. The summed E-state index contributed by atoms with van der Waals surface area (Å²) in [6.45, 7) is 11.6. The van der Waals surface area contributed by atoms with Crippen LogP contribution in [-0.4, -0.2) is 4.57 Å². The van der Waals surface area contributed by atoms with Crippen LogP contribution in [0.3, 0.4) is 0 Å². The van der Waals surface area contributed by atoms with Crippen LogP contribution >= 0.6 is 0 Å². The Balaban J connectivity index is 1.99. The molecule has 5 rings (SSSR count). The molecule has 3 aromatic carbocycles. The topological polar surface area (TPSA) is 4.93 Å². The molecule has 26 heavy (non-hydrogen) atoms. The second-order valence-corrected chi connectivity index (χ2v) is 9.11. The highest BCUT2D eigenvalue weighted by Gasteiger charge is 2.36. The highest BCUT2D eigenvalue weighted by Crippen LogP contribution is 2.51. The van der Waals surface area contributed by atoms with E-state index >= 15 is 0 Å². The van der Waals surface area contributed by atoms with Crippen molar-refractivity contribution in [2.45, 2.75) is 45.6 Å². The first kappa shape index (κ1) is 15.7. The minimum absolute atomic E-state index is 0.0310. The zero-order valence-corrected chi connectivity index (χ0v) is 16.2. The van der Waals surface area contributed by atoms with Gasteiger partial charge in [0.25, 0.3) is 0 Å². The Bertz CT molecular complexity index is 1180. The van der Waals surface area contributed by atoms with E-state index in [0.717, 1.165) is 0 Å². The van der Waals surface area contributed by atoms with Crippen molar-refractivity contribution < 1.29 is 0 Å². The smallest absolute Gasteiger partial charge is 0.0502 e. The van der Waals surface area contributed by atoms with Crippen LogP contribution in [0.1, 0.15) is 45.7 Å². The van der Waals surface area contributed by atoms with Gasteiger partial charge in [0.15, 0.2) is 0 Å². The molecule has 0 radical (unpaired) electrons. The zero-order valence-electron chi connectivity index (χ0n) is 16.2. The first-order valence-electron chi connectivity index (χ1n) is 9.48. The van der Waals surface area contributed by atoms with Crippen molar-refractivity contribution in [3.05, 3.63) is 71.8 Å². The molecule has 4 aromatic rings. The van der Waals surface area contributed by atoms with Gasteiger partial charge in [-0.3, -0.25) is 0 Å². The van der Waals surface area contributed by atoms with Crippen LogP contribution in [0, 0.1) is 0 Å². The van der Waals surface area contributed by atoms with Crippen molar-refractivity contribution in [3.63, 3.8) is 0 Å². The standard InChI is InChI=1S/C25H25N/c1-24(2,3)26-22-13-9-7-11-17(22)19-14-21-18(15-23(19)26)16-10-6-8-12-20(16)25(21,4)5/h6-15H,1-5H3. The van der Waals surface area contributed by atoms with E-state index in [1.807, 2.05) is 0 Å². The van der Waals surface area contributed by atoms with Crippen molar-refractivity contribution in [2.75, 3.05) is 0 Å². The molecule has 0 saturated carbocycles. The fourth-order valence-electron chi connectivity index (χ4n) is 4.89. The molecule has 0 amide bonds. The maximum absolute atomic E-state index is 2.51. The van der Waals surface area contributed by atoms with Gasteiger partial charge in [0.2, 0.25) is 0 Å². The molecule has 1 aliphatic carbocycles. The van der Waals surface area contributed by atoms with Crippen LogP contribution in [0.2, 0.25) is 0 Å². The van der Waals surface area contributed by atoms with Gasteiger partial charge in [-0.1, -0.05) is 56.3 Å². The summed E-state index contributed by atoms with van der Waals surface area (Å²) in [7, 11) is 0. The van der Waals surface area contributed by atoms with Crippen molar-refractivity contribution in [1.82, 2.24) is 4.57 Å². The normalized spacial score (nSPS) is 15.4. The summed E-state index contributed by atoms with van der Waals surface area (Å²) in [6.07, 6.45) is 0. The van der Waals surface area contributed by atoms with E-state index in [4.69, 9.17) is 0 Å². The van der Waals surface area contributed by atoms with Gasteiger partial charge >= 0.3 is 0 Å². The third-order valence-corrected chi connectivity index (χ3v) is 6.05. The Labute approximate surface area is 155 Å². The van der Waals surface area contributed by atoms with Crippen LogP contribution in [0.15, 0.2) is 60.7 Å². The summed E-state index contributed by atoms with van der Waals surface area (Å²) < 4.78 is 2.51. The van der Waals surface area contributed by atoms with Gasteiger partial charge in [0.05, 0.1) is 5.52 Å². The van der Waals surface area contributed by atoms with Gasteiger partial charge in [-0.25, -0.2) is 0 Å². The molecule has 0 unspecified atom stereocenters. The number of rotatable bonds is 0. The van der Waals surface area contributed by atoms with Crippen molar-refractivity contribution in [3.8, 4) is 11.1 Å². The number of fused-ring (bicyclic) bond motifs is 6.